The minimum Gasteiger partial charge on any atom is -0.354 e. The molecule has 1 aliphatic rings. The molecule has 0 aromatic carbocycles. The Morgan fingerprint density at radius 2 is 1.74 bits per heavy atom. The normalized spacial score (nSPS) is 19.9. The molecule has 0 unspecified atom stereocenters. The van der Waals surface area contributed by atoms with Crippen molar-refractivity contribution in [3.8, 4) is 0 Å². The Bertz CT molecular complexity index is 280. The molecule has 112 valence electrons. The molecule has 0 radical (unpaired) electrons. The summed E-state index contributed by atoms with van der Waals surface area (Å²) in [6.07, 6.45) is 7.10. The number of carbonyl (C=O) groups excluding carboxylic acids is 1. The molecule has 1 aliphatic carbocycles. The second kappa shape index (κ2) is 7.28. The van der Waals surface area contributed by atoms with Crippen LogP contribution >= 0.6 is 0 Å². The first-order valence-corrected chi connectivity index (χ1v) is 7.88. The highest BCUT2D eigenvalue weighted by Gasteiger charge is 2.34. The van der Waals surface area contributed by atoms with E-state index in [9.17, 15) is 4.79 Å². The zero-order chi connectivity index (χ0) is 14.5. The summed E-state index contributed by atoms with van der Waals surface area (Å²) in [6, 6.07) is -0.350. The van der Waals surface area contributed by atoms with Gasteiger partial charge in [-0.3, -0.25) is 4.79 Å². The molecule has 1 atom stereocenters. The van der Waals surface area contributed by atoms with Crippen molar-refractivity contribution in [2.24, 2.45) is 23.0 Å². The van der Waals surface area contributed by atoms with E-state index >= 15 is 0 Å². The zero-order valence-corrected chi connectivity index (χ0v) is 13.2. The average Bonchev–Trinajstić information content (AvgIpc) is 2.73. The quantitative estimate of drug-likeness (QED) is 0.745. The lowest BCUT2D eigenvalue weighted by atomic mass is 9.78. The van der Waals surface area contributed by atoms with Crippen LogP contribution in [0.15, 0.2) is 0 Å². The molecule has 0 spiro atoms. The first-order chi connectivity index (χ1) is 8.84. The number of hydrogen-bond acceptors (Lipinski definition) is 2. The molecule has 19 heavy (non-hydrogen) atoms. The third-order valence-electron chi connectivity index (χ3n) is 4.21. The number of hydrogen-bond donors (Lipinski definition) is 2. The molecule has 3 heteroatoms. The molecule has 1 rings (SSSR count). The van der Waals surface area contributed by atoms with Crippen LogP contribution in [0.2, 0.25) is 0 Å². The van der Waals surface area contributed by atoms with Crippen LogP contribution in [0.4, 0.5) is 0 Å². The molecule has 1 saturated carbocycles. The summed E-state index contributed by atoms with van der Waals surface area (Å²) in [7, 11) is 0. The second-order valence-electron chi connectivity index (χ2n) is 7.26. The van der Waals surface area contributed by atoms with Gasteiger partial charge in [-0.2, -0.15) is 0 Å². The number of nitrogens with two attached hydrogens (primary N) is 1. The molecule has 1 fully saturated rings. The third kappa shape index (κ3) is 5.52. The van der Waals surface area contributed by atoms with Gasteiger partial charge in [0, 0.05) is 6.54 Å². The van der Waals surface area contributed by atoms with Crippen molar-refractivity contribution in [3.63, 3.8) is 0 Å². The van der Waals surface area contributed by atoms with Crippen LogP contribution in [0.5, 0.6) is 0 Å². The zero-order valence-electron chi connectivity index (χ0n) is 13.2. The molecular weight excluding hydrogens is 236 g/mol. The Hall–Kier alpha value is -0.570. The summed E-state index contributed by atoms with van der Waals surface area (Å²) in [4.78, 5) is 12.0. The van der Waals surface area contributed by atoms with E-state index in [0.717, 1.165) is 13.0 Å². The molecule has 0 aromatic rings. The van der Waals surface area contributed by atoms with Crippen molar-refractivity contribution in [1.82, 2.24) is 5.32 Å². The maximum absolute atomic E-state index is 12.0. The number of amides is 1. The summed E-state index contributed by atoms with van der Waals surface area (Å²) in [5, 5.41) is 3.11. The number of carbonyl (C=O) groups is 1. The van der Waals surface area contributed by atoms with Crippen molar-refractivity contribution in [2.75, 3.05) is 6.54 Å². The van der Waals surface area contributed by atoms with Crippen molar-refractivity contribution in [3.05, 3.63) is 0 Å². The number of nitrogens with one attached hydrogen (secondary N) is 1. The van der Waals surface area contributed by atoms with Crippen LogP contribution in [-0.4, -0.2) is 18.5 Å². The molecule has 0 heterocycles. The van der Waals surface area contributed by atoms with Gasteiger partial charge in [0.2, 0.25) is 5.91 Å². The van der Waals surface area contributed by atoms with Gasteiger partial charge >= 0.3 is 0 Å². The van der Waals surface area contributed by atoms with E-state index in [4.69, 9.17) is 5.73 Å². The van der Waals surface area contributed by atoms with Crippen molar-refractivity contribution in [1.29, 1.82) is 0 Å². The second-order valence-corrected chi connectivity index (χ2v) is 7.26. The third-order valence-corrected chi connectivity index (χ3v) is 4.21. The number of rotatable bonds is 7. The van der Waals surface area contributed by atoms with Gasteiger partial charge in [-0.05, 0) is 42.9 Å². The van der Waals surface area contributed by atoms with Gasteiger partial charge in [-0.25, -0.2) is 0 Å². The SMILES string of the molecule is CC(C)C[C@@H](N)C(=O)NCC1(CC(C)C)CCCC1. The molecular formula is C16H32N2O. The largest absolute Gasteiger partial charge is 0.354 e. The Morgan fingerprint density at radius 1 is 1.16 bits per heavy atom. The summed E-state index contributed by atoms with van der Waals surface area (Å²) in [5.74, 6) is 1.19. The lowest BCUT2D eigenvalue weighted by Crippen LogP contribution is -2.45. The van der Waals surface area contributed by atoms with Gasteiger partial charge in [-0.15, -0.1) is 0 Å². The topological polar surface area (TPSA) is 55.1 Å². The van der Waals surface area contributed by atoms with E-state index in [1.807, 2.05) is 0 Å². The van der Waals surface area contributed by atoms with Gasteiger partial charge in [0.25, 0.3) is 0 Å². The van der Waals surface area contributed by atoms with E-state index < -0.39 is 0 Å². The Balaban J connectivity index is 2.46. The standard InChI is InChI=1S/C16H32N2O/c1-12(2)9-14(17)15(19)18-11-16(10-13(3)4)7-5-6-8-16/h12-14H,5-11,17H2,1-4H3,(H,18,19)/t14-/m1/s1. The predicted octanol–water partition coefficient (Wildman–Crippen LogP) is 3.08. The first kappa shape index (κ1) is 16.5. The molecule has 0 bridgehead atoms. The summed E-state index contributed by atoms with van der Waals surface area (Å²) >= 11 is 0. The summed E-state index contributed by atoms with van der Waals surface area (Å²) in [6.45, 7) is 9.56. The highest BCUT2D eigenvalue weighted by Crippen LogP contribution is 2.42. The van der Waals surface area contributed by atoms with Crippen molar-refractivity contribution < 1.29 is 4.79 Å². The molecule has 0 aliphatic heterocycles. The van der Waals surface area contributed by atoms with Crippen LogP contribution in [-0.2, 0) is 4.79 Å². The predicted molar refractivity (Wildman–Crippen MR) is 80.8 cm³/mol. The fourth-order valence-electron chi connectivity index (χ4n) is 3.46. The van der Waals surface area contributed by atoms with E-state index in [1.54, 1.807) is 0 Å². The Kier molecular flexibility index (Phi) is 6.31. The van der Waals surface area contributed by atoms with Crippen LogP contribution in [0.1, 0.15) is 66.2 Å². The summed E-state index contributed by atoms with van der Waals surface area (Å²) < 4.78 is 0. The van der Waals surface area contributed by atoms with E-state index in [0.29, 0.717) is 17.3 Å². The average molecular weight is 268 g/mol. The van der Waals surface area contributed by atoms with Crippen LogP contribution in [0.3, 0.4) is 0 Å². The highest BCUT2D eigenvalue weighted by molar-refractivity contribution is 5.81. The van der Waals surface area contributed by atoms with Crippen LogP contribution in [0, 0.1) is 17.3 Å². The van der Waals surface area contributed by atoms with Gasteiger partial charge in [-0.1, -0.05) is 40.5 Å². The minimum atomic E-state index is -0.350. The van der Waals surface area contributed by atoms with Gasteiger partial charge in [0.15, 0.2) is 0 Å². The Morgan fingerprint density at radius 3 is 2.21 bits per heavy atom. The minimum absolute atomic E-state index is 0.0312. The van der Waals surface area contributed by atoms with E-state index in [1.165, 1.54) is 32.1 Å². The maximum atomic E-state index is 12.0. The fraction of sp³-hybridized carbons (Fsp3) is 0.938. The van der Waals surface area contributed by atoms with Crippen LogP contribution in [0.25, 0.3) is 0 Å². The lowest BCUT2D eigenvalue weighted by molar-refractivity contribution is -0.123. The van der Waals surface area contributed by atoms with Crippen LogP contribution < -0.4 is 11.1 Å². The monoisotopic (exact) mass is 268 g/mol. The van der Waals surface area contributed by atoms with Gasteiger partial charge < -0.3 is 11.1 Å². The maximum Gasteiger partial charge on any atom is 0.236 e. The van der Waals surface area contributed by atoms with Crippen molar-refractivity contribution in [2.45, 2.75) is 72.3 Å². The summed E-state index contributed by atoms with van der Waals surface area (Å²) in [5.41, 5.74) is 6.27. The molecule has 0 aromatic heterocycles. The first-order valence-electron chi connectivity index (χ1n) is 7.88. The van der Waals surface area contributed by atoms with E-state index in [2.05, 4.69) is 33.0 Å². The molecule has 3 nitrogen and oxygen atoms in total. The van der Waals surface area contributed by atoms with Gasteiger partial charge in [0.1, 0.15) is 0 Å². The molecule has 1 amide bonds. The molecule has 0 saturated heterocycles. The highest BCUT2D eigenvalue weighted by atomic mass is 16.2. The smallest absolute Gasteiger partial charge is 0.236 e. The van der Waals surface area contributed by atoms with Gasteiger partial charge in [0.05, 0.1) is 6.04 Å². The Labute approximate surface area is 118 Å². The fourth-order valence-corrected chi connectivity index (χ4v) is 3.46. The lowest BCUT2D eigenvalue weighted by Gasteiger charge is -2.31. The van der Waals surface area contributed by atoms with Crippen molar-refractivity contribution >= 4 is 5.91 Å². The molecule has 3 N–H and O–H groups in total. The van der Waals surface area contributed by atoms with E-state index in [-0.39, 0.29) is 11.9 Å².